The Labute approximate surface area is 218 Å². The Hall–Kier alpha value is -4.66. The highest BCUT2D eigenvalue weighted by molar-refractivity contribution is 6.16. The molecule has 1 aliphatic rings. The number of allylic oxidation sites excluding steroid dienone is 1. The van der Waals surface area contributed by atoms with Crippen LogP contribution in [0, 0.1) is 24.0 Å². The third-order valence-electron chi connectivity index (χ3n) is 6.34. The lowest BCUT2D eigenvalue weighted by Gasteiger charge is -2.17. The van der Waals surface area contributed by atoms with Crippen molar-refractivity contribution < 1.29 is 27.9 Å². The van der Waals surface area contributed by atoms with E-state index >= 15 is 0 Å². The number of halogens is 2. The number of aldehydes is 1. The van der Waals surface area contributed by atoms with Gasteiger partial charge in [-0.1, -0.05) is 0 Å². The van der Waals surface area contributed by atoms with Crippen molar-refractivity contribution in [2.24, 2.45) is 10.4 Å². The van der Waals surface area contributed by atoms with E-state index < -0.39 is 28.9 Å². The van der Waals surface area contributed by atoms with Crippen LogP contribution in [-0.2, 0) is 9.59 Å². The van der Waals surface area contributed by atoms with Crippen molar-refractivity contribution in [2.75, 3.05) is 10.6 Å². The van der Waals surface area contributed by atoms with E-state index in [9.17, 15) is 23.2 Å². The molecule has 194 valence electrons. The van der Waals surface area contributed by atoms with Crippen molar-refractivity contribution in [3.8, 4) is 5.75 Å². The Bertz CT molecular complexity index is 1460. The molecule has 1 saturated carbocycles. The van der Waals surface area contributed by atoms with Crippen molar-refractivity contribution in [3.63, 3.8) is 0 Å². The van der Waals surface area contributed by atoms with Gasteiger partial charge in [0.2, 0.25) is 11.8 Å². The van der Waals surface area contributed by atoms with Crippen LogP contribution in [0.1, 0.15) is 41.3 Å². The van der Waals surface area contributed by atoms with E-state index in [1.165, 1.54) is 36.4 Å². The van der Waals surface area contributed by atoms with Gasteiger partial charge < -0.3 is 15.4 Å². The van der Waals surface area contributed by atoms with Gasteiger partial charge in [0.05, 0.1) is 5.69 Å². The van der Waals surface area contributed by atoms with Crippen LogP contribution < -0.4 is 15.4 Å². The number of hydrogen-bond acceptors (Lipinski definition) is 5. The van der Waals surface area contributed by atoms with Gasteiger partial charge >= 0.3 is 0 Å². The van der Waals surface area contributed by atoms with Crippen molar-refractivity contribution in [3.05, 3.63) is 89.0 Å². The summed E-state index contributed by atoms with van der Waals surface area (Å²) in [7, 11) is 0. The van der Waals surface area contributed by atoms with E-state index in [1.807, 2.05) is 0 Å². The number of aliphatic imine (C=N–C) groups is 1. The molecular weight excluding hydrogens is 492 g/mol. The smallest absolute Gasteiger partial charge is 0.240 e. The van der Waals surface area contributed by atoms with Crippen LogP contribution in [0.15, 0.2) is 65.7 Å². The van der Waals surface area contributed by atoms with Crippen molar-refractivity contribution in [1.82, 2.24) is 0 Å². The van der Waals surface area contributed by atoms with E-state index in [0.717, 1.165) is 12.4 Å². The summed E-state index contributed by atoms with van der Waals surface area (Å²) in [5.74, 6) is -2.05. The SMILES string of the molecule is C=Nc1cc(C=O)c(C)cc1/C(=C\C)Oc1ccc(NC(=O)C2(C(=O)Nc3ccc(F)cc3)CC2)cc1F. The number of rotatable bonds is 9. The molecule has 4 rings (SSSR count). The number of ether oxygens (including phenoxy) is 1. The first-order chi connectivity index (χ1) is 18.2. The largest absolute Gasteiger partial charge is 0.454 e. The van der Waals surface area contributed by atoms with Gasteiger partial charge in [0.15, 0.2) is 11.6 Å². The van der Waals surface area contributed by atoms with Gasteiger partial charge in [-0.25, -0.2) is 8.78 Å². The van der Waals surface area contributed by atoms with Gasteiger partial charge in [-0.3, -0.25) is 19.4 Å². The topological polar surface area (TPSA) is 96.9 Å². The van der Waals surface area contributed by atoms with Crippen molar-refractivity contribution in [1.29, 1.82) is 0 Å². The second-order valence-electron chi connectivity index (χ2n) is 8.90. The van der Waals surface area contributed by atoms with Gasteiger partial charge in [-0.05, 0) is 93.6 Å². The number of carbonyl (C=O) groups is 3. The fourth-order valence-electron chi connectivity index (χ4n) is 3.93. The predicted molar refractivity (Wildman–Crippen MR) is 142 cm³/mol. The van der Waals surface area contributed by atoms with E-state index in [4.69, 9.17) is 4.74 Å². The third-order valence-corrected chi connectivity index (χ3v) is 6.34. The maximum absolute atomic E-state index is 15.0. The van der Waals surface area contributed by atoms with E-state index in [2.05, 4.69) is 22.3 Å². The molecule has 2 N–H and O–H groups in total. The summed E-state index contributed by atoms with van der Waals surface area (Å²) in [5, 5.41) is 5.22. The Kier molecular flexibility index (Phi) is 7.47. The first-order valence-electron chi connectivity index (χ1n) is 11.8. The van der Waals surface area contributed by atoms with E-state index in [1.54, 1.807) is 32.1 Å². The lowest BCUT2D eigenvalue weighted by molar-refractivity contribution is -0.131. The molecule has 9 heteroatoms. The minimum atomic E-state index is -1.28. The number of carbonyl (C=O) groups excluding carboxylic acids is 3. The van der Waals surface area contributed by atoms with E-state index in [0.29, 0.717) is 46.7 Å². The first-order valence-corrected chi connectivity index (χ1v) is 11.8. The van der Waals surface area contributed by atoms with Crippen LogP contribution in [-0.4, -0.2) is 24.8 Å². The van der Waals surface area contributed by atoms with Gasteiger partial charge in [0.25, 0.3) is 0 Å². The molecule has 0 aliphatic heterocycles. The number of anilines is 2. The normalized spacial score (nSPS) is 13.8. The molecule has 7 nitrogen and oxygen atoms in total. The highest BCUT2D eigenvalue weighted by Gasteiger charge is 2.56. The lowest BCUT2D eigenvalue weighted by Crippen LogP contribution is -2.35. The van der Waals surface area contributed by atoms with Crippen LogP contribution in [0.4, 0.5) is 25.8 Å². The fourth-order valence-corrected chi connectivity index (χ4v) is 3.93. The number of aryl methyl sites for hydroxylation is 1. The summed E-state index contributed by atoms with van der Waals surface area (Å²) < 4.78 is 33.9. The quantitative estimate of drug-likeness (QED) is 0.153. The zero-order valence-electron chi connectivity index (χ0n) is 20.8. The second kappa shape index (κ2) is 10.8. The van der Waals surface area contributed by atoms with Crippen LogP contribution in [0.5, 0.6) is 5.75 Å². The number of nitrogens with zero attached hydrogens (tertiary/aromatic N) is 1. The Morgan fingerprint density at radius 2 is 1.63 bits per heavy atom. The summed E-state index contributed by atoms with van der Waals surface area (Å²) in [5.41, 5.74) is 1.33. The average molecular weight is 518 g/mol. The number of benzene rings is 3. The Balaban J connectivity index is 1.47. The lowest BCUT2D eigenvalue weighted by atomic mass is 10.0. The predicted octanol–water partition coefficient (Wildman–Crippen LogP) is 6.22. The summed E-state index contributed by atoms with van der Waals surface area (Å²) >= 11 is 0. The van der Waals surface area contributed by atoms with Crippen LogP contribution >= 0.6 is 0 Å². The molecule has 2 amide bonds. The maximum atomic E-state index is 15.0. The molecule has 0 aromatic heterocycles. The Morgan fingerprint density at radius 3 is 2.18 bits per heavy atom. The standard InChI is InChI=1S/C29H25F2N3O4/c1-4-25(22-13-17(2)18(16-35)14-24(22)32-3)38-26-10-9-21(15-23(26)31)34-28(37)29(11-12-29)27(36)33-20-7-5-19(30)6-8-20/h4-10,13-16H,3,11-12H2,1-2H3,(H,33,36)(H,34,37)/b25-4+. The van der Waals surface area contributed by atoms with Gasteiger partial charge in [0, 0.05) is 28.6 Å². The molecule has 1 aliphatic carbocycles. The molecule has 0 radical (unpaired) electrons. The van der Waals surface area contributed by atoms with Gasteiger partial charge in [-0.2, -0.15) is 0 Å². The summed E-state index contributed by atoms with van der Waals surface area (Å²) in [6, 6.07) is 12.4. The molecule has 0 saturated heterocycles. The molecule has 0 heterocycles. The first kappa shape index (κ1) is 26.4. The molecule has 3 aromatic rings. The number of hydrogen-bond donors (Lipinski definition) is 2. The molecule has 1 fully saturated rings. The van der Waals surface area contributed by atoms with Crippen LogP contribution in [0.3, 0.4) is 0 Å². The van der Waals surface area contributed by atoms with Crippen molar-refractivity contribution >= 4 is 47.6 Å². The van der Waals surface area contributed by atoms with E-state index in [-0.39, 0.29) is 11.4 Å². The average Bonchev–Trinajstić information content (AvgIpc) is 3.72. The third kappa shape index (κ3) is 5.36. The number of nitrogens with one attached hydrogen (secondary N) is 2. The van der Waals surface area contributed by atoms with Gasteiger partial charge in [0.1, 0.15) is 23.3 Å². The molecule has 0 unspecified atom stereocenters. The zero-order chi connectivity index (χ0) is 27.4. The zero-order valence-corrected chi connectivity index (χ0v) is 20.8. The molecule has 0 atom stereocenters. The number of amides is 2. The van der Waals surface area contributed by atoms with Crippen LogP contribution in [0.2, 0.25) is 0 Å². The summed E-state index contributed by atoms with van der Waals surface area (Å²) in [6.07, 6.45) is 3.02. The molecule has 38 heavy (non-hydrogen) atoms. The maximum Gasteiger partial charge on any atom is 0.240 e. The molecule has 0 spiro atoms. The molecule has 3 aromatic carbocycles. The highest BCUT2D eigenvalue weighted by atomic mass is 19.1. The monoisotopic (exact) mass is 517 g/mol. The second-order valence-corrected chi connectivity index (χ2v) is 8.90. The summed E-state index contributed by atoms with van der Waals surface area (Å²) in [4.78, 5) is 40.9. The fraction of sp³-hybridized carbons (Fsp3) is 0.172. The minimum Gasteiger partial charge on any atom is -0.454 e. The van der Waals surface area contributed by atoms with Crippen LogP contribution in [0.25, 0.3) is 5.76 Å². The Morgan fingerprint density at radius 1 is 1.00 bits per heavy atom. The van der Waals surface area contributed by atoms with Crippen molar-refractivity contribution in [2.45, 2.75) is 26.7 Å². The molecular formula is C29H25F2N3O4. The minimum absolute atomic E-state index is 0.0987. The molecule has 0 bridgehead atoms. The summed E-state index contributed by atoms with van der Waals surface area (Å²) in [6.45, 7) is 7.01. The highest BCUT2D eigenvalue weighted by Crippen LogP contribution is 2.47. The van der Waals surface area contributed by atoms with Gasteiger partial charge in [-0.15, -0.1) is 0 Å².